The second-order valence-corrected chi connectivity index (χ2v) is 7.02. The van der Waals surface area contributed by atoms with Gasteiger partial charge in [-0.05, 0) is 26.7 Å². The first-order valence-electron chi connectivity index (χ1n) is 7.50. The number of hydrogen-bond acceptors (Lipinski definition) is 5. The molecule has 0 spiro atoms. The van der Waals surface area contributed by atoms with E-state index >= 15 is 0 Å². The van der Waals surface area contributed by atoms with E-state index in [0.29, 0.717) is 13.1 Å². The molecular weight excluding hydrogens is 316 g/mol. The summed E-state index contributed by atoms with van der Waals surface area (Å²) in [6.07, 6.45) is 3.01. The van der Waals surface area contributed by atoms with Crippen molar-refractivity contribution >= 4 is 23.2 Å². The molecule has 1 atom stereocenters. The van der Waals surface area contributed by atoms with E-state index in [4.69, 9.17) is 9.52 Å². The van der Waals surface area contributed by atoms with Crippen LogP contribution in [-0.4, -0.2) is 40.0 Å². The third-order valence-electron chi connectivity index (χ3n) is 4.16. The summed E-state index contributed by atoms with van der Waals surface area (Å²) in [7, 11) is 0. The van der Waals surface area contributed by atoms with E-state index in [1.54, 1.807) is 16.2 Å². The number of piperidine rings is 1. The van der Waals surface area contributed by atoms with Crippen LogP contribution in [0.4, 0.5) is 0 Å². The minimum Gasteiger partial charge on any atom is -0.478 e. The Hall–Kier alpha value is -2.15. The second kappa shape index (κ2) is 6.16. The number of furan rings is 1. The van der Waals surface area contributed by atoms with Crippen molar-refractivity contribution in [3.8, 4) is 0 Å². The van der Waals surface area contributed by atoms with Gasteiger partial charge < -0.3 is 14.4 Å². The summed E-state index contributed by atoms with van der Waals surface area (Å²) < 4.78 is 5.12. The summed E-state index contributed by atoms with van der Waals surface area (Å²) in [5, 5.41) is 9.99. The van der Waals surface area contributed by atoms with Crippen molar-refractivity contribution in [3.05, 3.63) is 39.2 Å². The molecule has 1 amide bonds. The van der Waals surface area contributed by atoms with Crippen molar-refractivity contribution in [1.82, 2.24) is 9.88 Å². The molecule has 0 aliphatic carbocycles. The van der Waals surface area contributed by atoms with Gasteiger partial charge in [0, 0.05) is 30.0 Å². The number of aryl methyl sites for hydroxylation is 2. The largest absolute Gasteiger partial charge is 0.478 e. The Bertz CT molecular complexity index is 730. The van der Waals surface area contributed by atoms with Crippen molar-refractivity contribution in [2.24, 2.45) is 0 Å². The monoisotopic (exact) mass is 334 g/mol. The van der Waals surface area contributed by atoms with Crippen LogP contribution in [0.1, 0.15) is 55.3 Å². The molecular formula is C16H18N2O4S. The van der Waals surface area contributed by atoms with Gasteiger partial charge in [0.2, 0.25) is 0 Å². The lowest BCUT2D eigenvalue weighted by molar-refractivity contribution is 0.0672. The van der Waals surface area contributed by atoms with E-state index in [2.05, 4.69) is 11.9 Å². The molecule has 1 saturated heterocycles. The molecule has 1 fully saturated rings. The molecule has 0 aromatic carbocycles. The summed E-state index contributed by atoms with van der Waals surface area (Å²) in [5.41, 5.74) is 1.04. The Morgan fingerprint density at radius 2 is 2.22 bits per heavy atom. The van der Waals surface area contributed by atoms with Crippen molar-refractivity contribution in [2.75, 3.05) is 13.1 Å². The van der Waals surface area contributed by atoms with Gasteiger partial charge >= 0.3 is 5.97 Å². The number of aromatic carboxylic acids is 1. The van der Waals surface area contributed by atoms with Gasteiger partial charge in [-0.1, -0.05) is 0 Å². The highest BCUT2D eigenvalue weighted by Crippen LogP contribution is 2.31. The highest BCUT2D eigenvalue weighted by atomic mass is 32.1. The predicted molar refractivity (Wildman–Crippen MR) is 85.1 cm³/mol. The van der Waals surface area contributed by atoms with Crippen LogP contribution in [-0.2, 0) is 0 Å². The molecule has 0 saturated carbocycles. The molecule has 3 heterocycles. The van der Waals surface area contributed by atoms with Gasteiger partial charge in [0.25, 0.3) is 5.91 Å². The number of carbonyl (C=O) groups excluding carboxylic acids is 1. The number of aromatic nitrogens is 1. The topological polar surface area (TPSA) is 83.6 Å². The molecule has 2 aromatic heterocycles. The lowest BCUT2D eigenvalue weighted by Crippen LogP contribution is -2.39. The van der Waals surface area contributed by atoms with E-state index in [1.165, 1.54) is 10.9 Å². The first kappa shape index (κ1) is 15.7. The van der Waals surface area contributed by atoms with Crippen LogP contribution in [0, 0.1) is 13.8 Å². The second-order valence-electron chi connectivity index (χ2n) is 5.79. The number of likely N-dealkylation sites (tertiary alicyclic amines) is 1. The minimum atomic E-state index is -1.10. The van der Waals surface area contributed by atoms with Crippen molar-refractivity contribution in [3.63, 3.8) is 0 Å². The number of amides is 1. The van der Waals surface area contributed by atoms with Gasteiger partial charge in [0.05, 0.1) is 16.3 Å². The van der Waals surface area contributed by atoms with Crippen molar-refractivity contribution < 1.29 is 19.1 Å². The van der Waals surface area contributed by atoms with Gasteiger partial charge in [-0.15, -0.1) is 11.3 Å². The maximum absolute atomic E-state index is 12.5. The van der Waals surface area contributed by atoms with Gasteiger partial charge in [-0.25, -0.2) is 9.78 Å². The fraction of sp³-hybridized carbons (Fsp3) is 0.438. The van der Waals surface area contributed by atoms with E-state index in [1.807, 2.05) is 6.92 Å². The van der Waals surface area contributed by atoms with Gasteiger partial charge in [-0.3, -0.25) is 4.79 Å². The SMILES string of the molecule is Cc1nc(C2CCCN(C(=O)c3cc(C(=O)O)co3)C2)sc1C. The summed E-state index contributed by atoms with van der Waals surface area (Å²) in [5.74, 6) is -1.04. The highest BCUT2D eigenvalue weighted by Gasteiger charge is 2.29. The molecule has 3 rings (SSSR count). The molecule has 6 nitrogen and oxygen atoms in total. The standard InChI is InChI=1S/C16H18N2O4S/c1-9-10(2)23-14(17-9)11-4-3-5-18(7-11)15(19)13-6-12(8-22-13)16(20)21/h6,8,11H,3-5,7H2,1-2H3,(H,20,21). The molecule has 0 bridgehead atoms. The third kappa shape index (κ3) is 3.14. The smallest absolute Gasteiger partial charge is 0.338 e. The third-order valence-corrected chi connectivity index (χ3v) is 5.40. The highest BCUT2D eigenvalue weighted by molar-refractivity contribution is 7.11. The van der Waals surface area contributed by atoms with Crippen LogP contribution in [0.2, 0.25) is 0 Å². The maximum Gasteiger partial charge on any atom is 0.338 e. The molecule has 0 radical (unpaired) electrons. The summed E-state index contributed by atoms with van der Waals surface area (Å²) in [6.45, 7) is 5.30. The van der Waals surface area contributed by atoms with E-state index in [-0.39, 0.29) is 23.1 Å². The van der Waals surface area contributed by atoms with Gasteiger partial charge in [0.1, 0.15) is 6.26 Å². The van der Waals surface area contributed by atoms with E-state index in [9.17, 15) is 9.59 Å². The van der Waals surface area contributed by atoms with Crippen LogP contribution in [0.3, 0.4) is 0 Å². The first-order chi connectivity index (χ1) is 11.0. The Morgan fingerprint density at radius 3 is 2.83 bits per heavy atom. The number of carboxylic acids is 1. The molecule has 2 aromatic rings. The lowest BCUT2D eigenvalue weighted by Gasteiger charge is -2.31. The Kier molecular flexibility index (Phi) is 4.21. The Morgan fingerprint density at radius 1 is 1.43 bits per heavy atom. The minimum absolute atomic E-state index is 0.00641. The fourth-order valence-corrected chi connectivity index (χ4v) is 3.80. The zero-order valence-electron chi connectivity index (χ0n) is 13.0. The Balaban J connectivity index is 1.74. The molecule has 23 heavy (non-hydrogen) atoms. The average molecular weight is 334 g/mol. The summed E-state index contributed by atoms with van der Waals surface area (Å²) in [6, 6.07) is 1.28. The number of carbonyl (C=O) groups is 2. The quantitative estimate of drug-likeness (QED) is 0.932. The predicted octanol–water partition coefficient (Wildman–Crippen LogP) is 3.07. The summed E-state index contributed by atoms with van der Waals surface area (Å²) >= 11 is 1.69. The molecule has 122 valence electrons. The first-order valence-corrected chi connectivity index (χ1v) is 8.32. The van der Waals surface area contributed by atoms with Crippen LogP contribution in [0.5, 0.6) is 0 Å². The Labute approximate surface area is 137 Å². The number of hydrogen-bond donors (Lipinski definition) is 1. The van der Waals surface area contributed by atoms with Gasteiger partial charge in [-0.2, -0.15) is 0 Å². The molecule has 1 unspecified atom stereocenters. The zero-order valence-corrected chi connectivity index (χ0v) is 13.9. The van der Waals surface area contributed by atoms with E-state index in [0.717, 1.165) is 29.8 Å². The number of rotatable bonds is 3. The average Bonchev–Trinajstić information content (AvgIpc) is 3.15. The van der Waals surface area contributed by atoms with Crippen LogP contribution in [0.25, 0.3) is 0 Å². The fourth-order valence-electron chi connectivity index (χ4n) is 2.75. The molecule has 1 N–H and O–H groups in total. The number of thiazole rings is 1. The molecule has 1 aliphatic heterocycles. The van der Waals surface area contributed by atoms with Crippen LogP contribution in [0.15, 0.2) is 16.7 Å². The van der Waals surface area contributed by atoms with Crippen molar-refractivity contribution in [1.29, 1.82) is 0 Å². The zero-order chi connectivity index (χ0) is 16.6. The van der Waals surface area contributed by atoms with E-state index < -0.39 is 5.97 Å². The number of carboxylic acid groups (broad SMARTS) is 1. The lowest BCUT2D eigenvalue weighted by atomic mass is 9.98. The molecule has 1 aliphatic rings. The number of nitrogens with zero attached hydrogens (tertiary/aromatic N) is 2. The normalized spacial score (nSPS) is 18.2. The van der Waals surface area contributed by atoms with Crippen LogP contribution >= 0.6 is 11.3 Å². The van der Waals surface area contributed by atoms with Crippen LogP contribution < -0.4 is 0 Å². The van der Waals surface area contributed by atoms with Gasteiger partial charge in [0.15, 0.2) is 5.76 Å². The summed E-state index contributed by atoms with van der Waals surface area (Å²) in [4.78, 5) is 30.9. The maximum atomic E-state index is 12.5. The molecule has 7 heteroatoms. The van der Waals surface area contributed by atoms with Crippen molar-refractivity contribution in [2.45, 2.75) is 32.6 Å².